The monoisotopic (exact) mass is 245 g/mol. The third-order valence-electron chi connectivity index (χ3n) is 2.21. The van der Waals surface area contributed by atoms with Crippen LogP contribution in [0.5, 0.6) is 0 Å². The van der Waals surface area contributed by atoms with Crippen LogP contribution < -0.4 is 5.32 Å². The van der Waals surface area contributed by atoms with Crippen LogP contribution in [0.25, 0.3) is 0 Å². The van der Waals surface area contributed by atoms with E-state index in [0.29, 0.717) is 30.3 Å². The summed E-state index contributed by atoms with van der Waals surface area (Å²) < 4.78 is 18.7. The molecule has 0 aliphatic rings. The maximum absolute atomic E-state index is 13.3. The fourth-order valence-electron chi connectivity index (χ4n) is 1.43. The number of ether oxygens (including phenoxy) is 1. The summed E-state index contributed by atoms with van der Waals surface area (Å²) in [6.45, 7) is 5.77. The van der Waals surface area contributed by atoms with Gasteiger partial charge in [0.1, 0.15) is 5.82 Å². The first-order valence-electron chi connectivity index (χ1n) is 5.39. The van der Waals surface area contributed by atoms with E-state index in [1.807, 2.05) is 13.8 Å². The molecule has 4 heteroatoms. The molecule has 16 heavy (non-hydrogen) atoms. The van der Waals surface area contributed by atoms with Gasteiger partial charge in [0.05, 0.1) is 6.10 Å². The van der Waals surface area contributed by atoms with Gasteiger partial charge in [0.2, 0.25) is 0 Å². The smallest absolute Gasteiger partial charge is 0.127 e. The zero-order chi connectivity index (χ0) is 12.0. The topological polar surface area (TPSA) is 21.3 Å². The Balaban J connectivity index is 2.39. The van der Waals surface area contributed by atoms with Crippen molar-refractivity contribution in [2.75, 3.05) is 13.2 Å². The summed E-state index contributed by atoms with van der Waals surface area (Å²) in [5.41, 5.74) is 0.580. The Morgan fingerprint density at radius 2 is 2.25 bits per heavy atom. The van der Waals surface area contributed by atoms with E-state index >= 15 is 0 Å². The summed E-state index contributed by atoms with van der Waals surface area (Å²) >= 11 is 5.79. The number of halogens is 2. The van der Waals surface area contributed by atoms with Crippen molar-refractivity contribution >= 4 is 11.6 Å². The Hall–Kier alpha value is -0.640. The lowest BCUT2D eigenvalue weighted by molar-refractivity contribution is 0.0759. The second-order valence-corrected chi connectivity index (χ2v) is 4.07. The van der Waals surface area contributed by atoms with E-state index in [2.05, 4.69) is 5.32 Å². The van der Waals surface area contributed by atoms with Gasteiger partial charge in [-0.05, 0) is 32.0 Å². The molecule has 0 radical (unpaired) electrons. The molecule has 0 fully saturated rings. The fraction of sp³-hybridized carbons (Fsp3) is 0.500. The van der Waals surface area contributed by atoms with E-state index in [1.165, 1.54) is 6.07 Å². The lowest BCUT2D eigenvalue weighted by Crippen LogP contribution is -2.26. The van der Waals surface area contributed by atoms with Crippen molar-refractivity contribution in [3.05, 3.63) is 34.6 Å². The van der Waals surface area contributed by atoms with Gasteiger partial charge in [0, 0.05) is 30.3 Å². The van der Waals surface area contributed by atoms with E-state index in [9.17, 15) is 4.39 Å². The van der Waals surface area contributed by atoms with Crippen molar-refractivity contribution in [1.29, 1.82) is 0 Å². The summed E-state index contributed by atoms with van der Waals surface area (Å²) in [4.78, 5) is 0. The summed E-state index contributed by atoms with van der Waals surface area (Å²) in [6, 6.07) is 4.56. The molecule has 1 aromatic carbocycles. The minimum atomic E-state index is -0.235. The third kappa shape index (κ3) is 4.47. The van der Waals surface area contributed by atoms with E-state index < -0.39 is 0 Å². The molecule has 1 unspecified atom stereocenters. The number of rotatable bonds is 6. The van der Waals surface area contributed by atoms with Crippen molar-refractivity contribution in [2.45, 2.75) is 26.5 Å². The molecular weight excluding hydrogens is 229 g/mol. The van der Waals surface area contributed by atoms with Crippen molar-refractivity contribution in [2.24, 2.45) is 0 Å². The van der Waals surface area contributed by atoms with Gasteiger partial charge in [0.15, 0.2) is 0 Å². The van der Waals surface area contributed by atoms with Gasteiger partial charge in [-0.15, -0.1) is 0 Å². The second-order valence-electron chi connectivity index (χ2n) is 3.63. The van der Waals surface area contributed by atoms with Gasteiger partial charge in [-0.3, -0.25) is 0 Å². The molecule has 0 saturated heterocycles. The van der Waals surface area contributed by atoms with Gasteiger partial charge in [-0.1, -0.05) is 11.6 Å². The zero-order valence-electron chi connectivity index (χ0n) is 9.59. The molecule has 0 spiro atoms. The standard InChI is InChI=1S/C12H17ClFNO/c1-3-16-9(2)7-15-8-10-6-11(13)4-5-12(10)14/h4-6,9,15H,3,7-8H2,1-2H3. The Morgan fingerprint density at radius 1 is 1.50 bits per heavy atom. The highest BCUT2D eigenvalue weighted by Crippen LogP contribution is 2.14. The van der Waals surface area contributed by atoms with Crippen LogP contribution in [-0.2, 0) is 11.3 Å². The molecule has 0 aliphatic heterocycles. The van der Waals surface area contributed by atoms with Crippen molar-refractivity contribution in [3.63, 3.8) is 0 Å². The van der Waals surface area contributed by atoms with Gasteiger partial charge in [-0.2, -0.15) is 0 Å². The molecule has 1 atom stereocenters. The number of benzene rings is 1. The van der Waals surface area contributed by atoms with E-state index in [0.717, 1.165) is 0 Å². The molecule has 0 aliphatic carbocycles. The molecule has 0 amide bonds. The van der Waals surface area contributed by atoms with Crippen LogP contribution in [0.3, 0.4) is 0 Å². The van der Waals surface area contributed by atoms with Crippen LogP contribution in [0.4, 0.5) is 4.39 Å². The Morgan fingerprint density at radius 3 is 2.94 bits per heavy atom. The first-order chi connectivity index (χ1) is 7.63. The number of nitrogens with one attached hydrogen (secondary N) is 1. The molecule has 1 rings (SSSR count). The van der Waals surface area contributed by atoms with Crippen LogP contribution in [0.1, 0.15) is 19.4 Å². The minimum absolute atomic E-state index is 0.132. The van der Waals surface area contributed by atoms with E-state index in [1.54, 1.807) is 12.1 Å². The average Bonchev–Trinajstić information content (AvgIpc) is 2.23. The summed E-state index contributed by atoms with van der Waals surface area (Å²) in [6.07, 6.45) is 0.132. The van der Waals surface area contributed by atoms with Crippen LogP contribution in [0.2, 0.25) is 5.02 Å². The molecule has 0 heterocycles. The van der Waals surface area contributed by atoms with Crippen LogP contribution in [0, 0.1) is 5.82 Å². The SMILES string of the molecule is CCOC(C)CNCc1cc(Cl)ccc1F. The van der Waals surface area contributed by atoms with Crippen molar-refractivity contribution in [3.8, 4) is 0 Å². The lowest BCUT2D eigenvalue weighted by atomic mass is 10.2. The van der Waals surface area contributed by atoms with Gasteiger partial charge in [0.25, 0.3) is 0 Å². The first-order valence-corrected chi connectivity index (χ1v) is 5.77. The molecular formula is C12H17ClFNO. The minimum Gasteiger partial charge on any atom is -0.377 e. The Kier molecular flexibility index (Phi) is 5.74. The van der Waals surface area contributed by atoms with Gasteiger partial charge < -0.3 is 10.1 Å². The Bertz CT molecular complexity index is 333. The predicted octanol–water partition coefficient (Wildman–Crippen LogP) is 2.99. The predicted molar refractivity (Wildman–Crippen MR) is 64.2 cm³/mol. The first kappa shape index (κ1) is 13.4. The van der Waals surface area contributed by atoms with E-state index in [4.69, 9.17) is 16.3 Å². The number of hydrogen-bond donors (Lipinski definition) is 1. The molecule has 1 N–H and O–H groups in total. The van der Waals surface area contributed by atoms with Gasteiger partial charge >= 0.3 is 0 Å². The molecule has 1 aromatic rings. The third-order valence-corrected chi connectivity index (χ3v) is 2.44. The Labute approximate surface area is 101 Å². The normalized spacial score (nSPS) is 12.8. The highest BCUT2D eigenvalue weighted by atomic mass is 35.5. The van der Waals surface area contributed by atoms with Crippen molar-refractivity contribution < 1.29 is 9.13 Å². The van der Waals surface area contributed by atoms with Crippen LogP contribution in [0.15, 0.2) is 18.2 Å². The van der Waals surface area contributed by atoms with Gasteiger partial charge in [-0.25, -0.2) is 4.39 Å². The largest absolute Gasteiger partial charge is 0.377 e. The molecule has 0 saturated carbocycles. The average molecular weight is 246 g/mol. The maximum Gasteiger partial charge on any atom is 0.127 e. The highest BCUT2D eigenvalue weighted by Gasteiger charge is 2.04. The lowest BCUT2D eigenvalue weighted by Gasteiger charge is -2.12. The van der Waals surface area contributed by atoms with E-state index in [-0.39, 0.29) is 11.9 Å². The molecule has 0 aromatic heterocycles. The quantitative estimate of drug-likeness (QED) is 0.832. The molecule has 90 valence electrons. The highest BCUT2D eigenvalue weighted by molar-refractivity contribution is 6.30. The number of hydrogen-bond acceptors (Lipinski definition) is 2. The second kappa shape index (κ2) is 6.84. The maximum atomic E-state index is 13.3. The fourth-order valence-corrected chi connectivity index (χ4v) is 1.63. The summed E-state index contributed by atoms with van der Waals surface area (Å²) in [5, 5.41) is 3.68. The van der Waals surface area contributed by atoms with Crippen LogP contribution >= 0.6 is 11.6 Å². The van der Waals surface area contributed by atoms with Crippen molar-refractivity contribution in [1.82, 2.24) is 5.32 Å². The zero-order valence-corrected chi connectivity index (χ0v) is 10.4. The molecule has 2 nitrogen and oxygen atoms in total. The molecule has 0 bridgehead atoms. The van der Waals surface area contributed by atoms with Crippen LogP contribution in [-0.4, -0.2) is 19.3 Å². The summed E-state index contributed by atoms with van der Waals surface area (Å²) in [7, 11) is 0. The summed E-state index contributed by atoms with van der Waals surface area (Å²) in [5.74, 6) is -0.235.